The molecule has 0 spiro atoms. The molecule has 228 valence electrons. The van der Waals surface area contributed by atoms with Crippen LogP contribution in [0.15, 0.2) is 71.5 Å². The van der Waals surface area contributed by atoms with Crippen LogP contribution in [0.2, 0.25) is 10.0 Å². The van der Waals surface area contributed by atoms with E-state index < -0.39 is 12.7 Å². The second kappa shape index (κ2) is 13.6. The Kier molecular flexibility index (Phi) is 9.86. The average Bonchev–Trinajstić information content (AvgIpc) is 2.96. The number of H-pyrrole nitrogens is 1. The molecule has 4 aromatic rings. The summed E-state index contributed by atoms with van der Waals surface area (Å²) in [4.78, 5) is 17.3. The zero-order valence-electron chi connectivity index (χ0n) is 23.6. The first-order valence-corrected chi connectivity index (χ1v) is 14.9. The lowest BCUT2D eigenvalue weighted by Crippen LogP contribution is -2.43. The van der Waals surface area contributed by atoms with Gasteiger partial charge in [0.25, 0.3) is 5.56 Å². The molecule has 0 atom stereocenters. The number of piperidine rings is 1. The number of anilines is 2. The first-order valence-electron chi connectivity index (χ1n) is 14.1. The summed E-state index contributed by atoms with van der Waals surface area (Å²) in [6.45, 7) is 0.705. The summed E-state index contributed by atoms with van der Waals surface area (Å²) < 4.78 is 44.0. The Labute approximate surface area is 258 Å². The van der Waals surface area contributed by atoms with Gasteiger partial charge in [-0.05, 0) is 65.9 Å². The molecule has 0 unspecified atom stereocenters. The van der Waals surface area contributed by atoms with E-state index in [0.29, 0.717) is 60.3 Å². The van der Waals surface area contributed by atoms with E-state index in [9.17, 15) is 18.0 Å². The Morgan fingerprint density at radius 3 is 2.09 bits per heavy atom. The summed E-state index contributed by atoms with van der Waals surface area (Å²) in [7, 11) is 1.62. The van der Waals surface area contributed by atoms with Gasteiger partial charge in [-0.1, -0.05) is 47.5 Å². The number of alkyl halides is 3. The molecule has 5 rings (SSSR count). The third-order valence-corrected chi connectivity index (χ3v) is 8.19. The Morgan fingerprint density at radius 1 is 0.930 bits per heavy atom. The SMILES string of the molecule is COCCNc1cc(C(c2ccc(Cl)cc2)c2ccc(Cl)cc2)cc2c(NC3CCN(CC(F)(F)F)CC3)cc(=O)[nH]c12. The van der Waals surface area contributed by atoms with Crippen molar-refractivity contribution in [3.63, 3.8) is 0 Å². The van der Waals surface area contributed by atoms with Crippen molar-refractivity contribution in [1.82, 2.24) is 9.88 Å². The number of nitrogens with one attached hydrogen (secondary N) is 3. The third kappa shape index (κ3) is 8.03. The monoisotopic (exact) mass is 632 g/mol. The van der Waals surface area contributed by atoms with Gasteiger partial charge in [-0.2, -0.15) is 13.2 Å². The van der Waals surface area contributed by atoms with Crippen molar-refractivity contribution in [3.05, 3.63) is 104 Å². The quantitative estimate of drug-likeness (QED) is 0.125. The third-order valence-electron chi connectivity index (χ3n) is 7.69. The molecule has 0 saturated carbocycles. The first kappa shape index (κ1) is 31.2. The van der Waals surface area contributed by atoms with Crippen molar-refractivity contribution in [2.75, 3.05) is 50.5 Å². The van der Waals surface area contributed by atoms with Crippen molar-refractivity contribution in [2.45, 2.75) is 31.0 Å². The fourth-order valence-electron chi connectivity index (χ4n) is 5.69. The number of nitrogens with zero attached hydrogens (tertiary/aromatic N) is 1. The molecule has 3 aromatic carbocycles. The van der Waals surface area contributed by atoms with Gasteiger partial charge in [-0.15, -0.1) is 0 Å². The standard InChI is InChI=1S/C32H33Cl2F3N4O2/c1-43-15-12-38-28-17-22(30(20-2-6-23(33)7-3-20)21-4-8-24(34)9-5-21)16-26-27(18-29(42)40-31(26)28)39-25-10-13-41(14-11-25)19-32(35,36)37/h2-9,16-18,25,30,38H,10-15,19H2,1H3,(H2,39,40,42). The number of benzene rings is 3. The Morgan fingerprint density at radius 2 is 1.53 bits per heavy atom. The Bertz CT molecular complexity index is 1540. The second-order valence-corrected chi connectivity index (χ2v) is 11.7. The predicted molar refractivity (Wildman–Crippen MR) is 168 cm³/mol. The smallest absolute Gasteiger partial charge is 0.383 e. The number of hydrogen-bond donors (Lipinski definition) is 3. The minimum atomic E-state index is -4.23. The summed E-state index contributed by atoms with van der Waals surface area (Å²) >= 11 is 12.5. The van der Waals surface area contributed by atoms with E-state index in [1.807, 2.05) is 54.6 Å². The molecular formula is C32H33Cl2F3N4O2. The molecule has 0 bridgehead atoms. The molecule has 0 radical (unpaired) electrons. The maximum atomic E-state index is 12.9. The van der Waals surface area contributed by atoms with Gasteiger partial charge in [0, 0.05) is 65.9 Å². The van der Waals surface area contributed by atoms with Gasteiger partial charge in [0.15, 0.2) is 0 Å². The van der Waals surface area contributed by atoms with Crippen LogP contribution in [0.25, 0.3) is 10.9 Å². The summed E-state index contributed by atoms with van der Waals surface area (Å²) in [6.07, 6.45) is -3.17. The van der Waals surface area contributed by atoms with Gasteiger partial charge in [-0.3, -0.25) is 9.69 Å². The predicted octanol–water partition coefficient (Wildman–Crippen LogP) is 7.51. The van der Waals surface area contributed by atoms with Crippen LogP contribution in [0.5, 0.6) is 0 Å². The Hall–Kier alpha value is -3.24. The van der Waals surface area contributed by atoms with Gasteiger partial charge < -0.3 is 20.4 Å². The molecule has 6 nitrogen and oxygen atoms in total. The summed E-state index contributed by atoms with van der Waals surface area (Å²) in [5.41, 5.74) is 4.73. The number of rotatable bonds is 10. The molecule has 3 N–H and O–H groups in total. The van der Waals surface area contributed by atoms with E-state index >= 15 is 0 Å². The first-order chi connectivity index (χ1) is 20.6. The van der Waals surface area contributed by atoms with Crippen LogP contribution in [-0.2, 0) is 4.74 Å². The second-order valence-electron chi connectivity index (χ2n) is 10.8. The number of fused-ring (bicyclic) bond motifs is 1. The molecular weight excluding hydrogens is 600 g/mol. The number of methoxy groups -OCH3 is 1. The van der Waals surface area contributed by atoms with Gasteiger partial charge in [0.1, 0.15) is 0 Å². The zero-order chi connectivity index (χ0) is 30.6. The van der Waals surface area contributed by atoms with Crippen molar-refractivity contribution < 1.29 is 17.9 Å². The number of ether oxygens (including phenoxy) is 1. The van der Waals surface area contributed by atoms with Crippen molar-refractivity contribution in [3.8, 4) is 0 Å². The highest BCUT2D eigenvalue weighted by molar-refractivity contribution is 6.30. The lowest BCUT2D eigenvalue weighted by Gasteiger charge is -2.33. The van der Waals surface area contributed by atoms with E-state index in [4.69, 9.17) is 27.9 Å². The van der Waals surface area contributed by atoms with Crippen LogP contribution in [0.1, 0.15) is 35.4 Å². The molecule has 0 aliphatic carbocycles. The molecule has 1 fully saturated rings. The summed E-state index contributed by atoms with van der Waals surface area (Å²) in [5, 5.41) is 8.95. The van der Waals surface area contributed by atoms with E-state index in [2.05, 4.69) is 21.7 Å². The number of pyridine rings is 1. The lowest BCUT2D eigenvalue weighted by atomic mass is 9.84. The minimum absolute atomic E-state index is 0.0774. The van der Waals surface area contributed by atoms with Crippen LogP contribution in [0.4, 0.5) is 24.5 Å². The summed E-state index contributed by atoms with van der Waals surface area (Å²) in [5.74, 6) is -0.188. The molecule has 43 heavy (non-hydrogen) atoms. The van der Waals surface area contributed by atoms with E-state index in [0.717, 1.165) is 27.8 Å². The number of halogens is 5. The van der Waals surface area contributed by atoms with Gasteiger partial charge in [0.2, 0.25) is 0 Å². The molecule has 1 aliphatic rings. The van der Waals surface area contributed by atoms with Crippen LogP contribution < -0.4 is 16.2 Å². The topological polar surface area (TPSA) is 69.4 Å². The van der Waals surface area contributed by atoms with E-state index in [-0.39, 0.29) is 17.5 Å². The molecule has 0 amide bonds. The maximum absolute atomic E-state index is 12.9. The molecule has 1 aliphatic heterocycles. The number of hydrogen-bond acceptors (Lipinski definition) is 5. The molecule has 1 aromatic heterocycles. The molecule has 11 heteroatoms. The van der Waals surface area contributed by atoms with Crippen LogP contribution >= 0.6 is 23.2 Å². The summed E-state index contributed by atoms with van der Waals surface area (Å²) in [6, 6.07) is 20.9. The van der Waals surface area contributed by atoms with Crippen LogP contribution in [0.3, 0.4) is 0 Å². The van der Waals surface area contributed by atoms with E-state index in [1.165, 1.54) is 11.0 Å². The maximum Gasteiger partial charge on any atom is 0.401 e. The Balaban J connectivity index is 1.58. The highest BCUT2D eigenvalue weighted by atomic mass is 35.5. The van der Waals surface area contributed by atoms with E-state index in [1.54, 1.807) is 7.11 Å². The lowest BCUT2D eigenvalue weighted by molar-refractivity contribution is -0.147. The van der Waals surface area contributed by atoms with Gasteiger partial charge >= 0.3 is 6.18 Å². The van der Waals surface area contributed by atoms with Crippen molar-refractivity contribution in [2.24, 2.45) is 0 Å². The molecule has 2 heterocycles. The van der Waals surface area contributed by atoms with Gasteiger partial charge in [-0.25, -0.2) is 0 Å². The minimum Gasteiger partial charge on any atom is -0.383 e. The zero-order valence-corrected chi connectivity index (χ0v) is 25.1. The number of likely N-dealkylation sites (tertiary alicyclic amines) is 1. The highest BCUT2D eigenvalue weighted by Gasteiger charge is 2.32. The largest absolute Gasteiger partial charge is 0.401 e. The highest BCUT2D eigenvalue weighted by Crippen LogP contribution is 2.38. The average molecular weight is 634 g/mol. The van der Waals surface area contributed by atoms with Gasteiger partial charge in [0.05, 0.1) is 24.4 Å². The normalized spacial score (nSPS) is 14.9. The van der Waals surface area contributed by atoms with Crippen LogP contribution in [-0.4, -0.2) is 62.0 Å². The van der Waals surface area contributed by atoms with Crippen molar-refractivity contribution >= 4 is 45.5 Å². The fraction of sp³-hybridized carbons (Fsp3) is 0.344. The fourth-order valence-corrected chi connectivity index (χ4v) is 5.94. The molecule has 1 saturated heterocycles. The number of aromatic amines is 1. The van der Waals surface area contributed by atoms with Crippen LogP contribution in [0, 0.1) is 0 Å². The van der Waals surface area contributed by atoms with Crippen molar-refractivity contribution in [1.29, 1.82) is 0 Å². The number of aromatic nitrogens is 1.